The number of imide groups is 1. The summed E-state index contributed by atoms with van der Waals surface area (Å²) in [6.07, 6.45) is 1.13. The summed E-state index contributed by atoms with van der Waals surface area (Å²) in [4.78, 5) is 37.8. The molecule has 0 aromatic heterocycles. The highest BCUT2D eigenvalue weighted by molar-refractivity contribution is 6.08. The highest BCUT2D eigenvalue weighted by Gasteiger charge is 2.47. The first-order chi connectivity index (χ1) is 11.9. The van der Waals surface area contributed by atoms with Crippen LogP contribution in [0.4, 0.5) is 4.79 Å². The summed E-state index contributed by atoms with van der Waals surface area (Å²) < 4.78 is 4.95. The van der Waals surface area contributed by atoms with Crippen LogP contribution in [0.2, 0.25) is 0 Å². The molecule has 136 valence electrons. The van der Waals surface area contributed by atoms with Gasteiger partial charge in [0.2, 0.25) is 5.91 Å². The minimum absolute atomic E-state index is 0.192. The Hall–Kier alpha value is -2.41. The third-order valence-electron chi connectivity index (χ3n) is 4.23. The molecular formula is C18H25N3O4. The zero-order valence-corrected chi connectivity index (χ0v) is 14.9. The van der Waals surface area contributed by atoms with E-state index < -0.39 is 11.6 Å². The zero-order valence-electron chi connectivity index (χ0n) is 14.9. The minimum Gasteiger partial charge on any atom is -0.383 e. The molecule has 0 radical (unpaired) electrons. The van der Waals surface area contributed by atoms with Crippen LogP contribution in [0.25, 0.3) is 0 Å². The minimum atomic E-state index is -0.995. The van der Waals surface area contributed by atoms with Gasteiger partial charge in [-0.2, -0.15) is 0 Å². The van der Waals surface area contributed by atoms with Gasteiger partial charge in [0.15, 0.2) is 0 Å². The van der Waals surface area contributed by atoms with Gasteiger partial charge in [0.05, 0.1) is 6.61 Å². The van der Waals surface area contributed by atoms with Gasteiger partial charge >= 0.3 is 6.03 Å². The summed E-state index contributed by atoms with van der Waals surface area (Å²) in [6, 6.07) is 9.03. The second-order valence-electron chi connectivity index (χ2n) is 6.56. The van der Waals surface area contributed by atoms with E-state index in [9.17, 15) is 14.4 Å². The molecule has 1 aliphatic rings. The smallest absolute Gasteiger partial charge is 0.325 e. The summed E-state index contributed by atoms with van der Waals surface area (Å²) >= 11 is 0. The van der Waals surface area contributed by atoms with Gasteiger partial charge in [0, 0.05) is 13.2 Å². The number of carbonyl (C=O) groups is 3. The van der Waals surface area contributed by atoms with Crippen molar-refractivity contribution in [2.24, 2.45) is 0 Å². The molecule has 0 saturated carbocycles. The first-order valence-electron chi connectivity index (χ1n) is 8.32. The fraction of sp³-hybridized carbons (Fsp3) is 0.500. The van der Waals surface area contributed by atoms with Crippen LogP contribution < -0.4 is 10.6 Å². The van der Waals surface area contributed by atoms with E-state index in [-0.39, 0.29) is 24.4 Å². The molecule has 2 rings (SSSR count). The Morgan fingerprint density at radius 3 is 2.64 bits per heavy atom. The van der Waals surface area contributed by atoms with Gasteiger partial charge in [0.1, 0.15) is 12.1 Å². The zero-order chi connectivity index (χ0) is 18.4. The number of amides is 4. The van der Waals surface area contributed by atoms with Crippen molar-refractivity contribution in [2.75, 3.05) is 20.3 Å². The van der Waals surface area contributed by atoms with Crippen molar-refractivity contribution in [3.8, 4) is 0 Å². The van der Waals surface area contributed by atoms with Gasteiger partial charge in [0.25, 0.3) is 5.91 Å². The third-order valence-corrected chi connectivity index (χ3v) is 4.23. The van der Waals surface area contributed by atoms with Crippen LogP contribution in [0.1, 0.15) is 25.8 Å². The van der Waals surface area contributed by atoms with E-state index >= 15 is 0 Å². The molecule has 7 heteroatoms. The van der Waals surface area contributed by atoms with Crippen molar-refractivity contribution in [3.63, 3.8) is 0 Å². The lowest BCUT2D eigenvalue weighted by Gasteiger charge is -2.22. The number of urea groups is 1. The van der Waals surface area contributed by atoms with Gasteiger partial charge < -0.3 is 15.4 Å². The van der Waals surface area contributed by atoms with Crippen LogP contribution in [0, 0.1) is 0 Å². The number of hydrogen-bond acceptors (Lipinski definition) is 4. The number of nitrogens with zero attached hydrogens (tertiary/aromatic N) is 1. The Balaban J connectivity index is 1.95. The monoisotopic (exact) mass is 347 g/mol. The normalized spacial score (nSPS) is 21.2. The molecule has 0 spiro atoms. The molecule has 1 heterocycles. The van der Waals surface area contributed by atoms with Gasteiger partial charge in [-0.15, -0.1) is 0 Å². The SMILES string of the molecule is COC[C@H](C)NC(=O)CN1C(=O)N[C@@](C)(CCc2ccccc2)C1=O. The molecule has 4 amide bonds. The number of nitrogens with one attached hydrogen (secondary N) is 2. The molecule has 0 bridgehead atoms. The highest BCUT2D eigenvalue weighted by atomic mass is 16.5. The van der Waals surface area contributed by atoms with Crippen molar-refractivity contribution >= 4 is 17.8 Å². The Bertz CT molecular complexity index is 634. The molecule has 2 N–H and O–H groups in total. The number of rotatable bonds is 8. The van der Waals surface area contributed by atoms with Gasteiger partial charge in [-0.3, -0.25) is 14.5 Å². The second kappa shape index (κ2) is 8.11. The Morgan fingerprint density at radius 2 is 2.00 bits per heavy atom. The molecule has 1 fully saturated rings. The largest absolute Gasteiger partial charge is 0.383 e. The number of hydrogen-bond donors (Lipinski definition) is 2. The molecule has 0 aliphatic carbocycles. The maximum Gasteiger partial charge on any atom is 0.325 e. The average Bonchev–Trinajstić information content (AvgIpc) is 2.78. The summed E-state index contributed by atoms with van der Waals surface area (Å²) in [5, 5.41) is 5.41. The number of benzene rings is 1. The van der Waals surface area contributed by atoms with E-state index in [1.807, 2.05) is 30.3 Å². The van der Waals surface area contributed by atoms with Crippen LogP contribution in [0.5, 0.6) is 0 Å². The van der Waals surface area contributed by atoms with Gasteiger partial charge in [-0.25, -0.2) is 4.79 Å². The number of aryl methyl sites for hydroxylation is 1. The summed E-state index contributed by atoms with van der Waals surface area (Å²) in [5.74, 6) is -0.761. The molecule has 1 saturated heterocycles. The van der Waals surface area contributed by atoms with Crippen molar-refractivity contribution in [1.29, 1.82) is 0 Å². The highest BCUT2D eigenvalue weighted by Crippen LogP contribution is 2.23. The van der Waals surface area contributed by atoms with Crippen molar-refractivity contribution in [1.82, 2.24) is 15.5 Å². The second-order valence-corrected chi connectivity index (χ2v) is 6.56. The Kier molecular flexibility index (Phi) is 6.14. The van der Waals surface area contributed by atoms with Crippen LogP contribution >= 0.6 is 0 Å². The first kappa shape index (κ1) is 18.9. The Morgan fingerprint density at radius 1 is 1.32 bits per heavy atom. The van der Waals surface area contributed by atoms with Crippen LogP contribution in [-0.2, 0) is 20.7 Å². The maximum absolute atomic E-state index is 12.6. The lowest BCUT2D eigenvalue weighted by atomic mass is 9.93. The average molecular weight is 347 g/mol. The van der Waals surface area contributed by atoms with Gasteiger partial charge in [-0.1, -0.05) is 30.3 Å². The van der Waals surface area contributed by atoms with E-state index in [1.165, 1.54) is 7.11 Å². The summed E-state index contributed by atoms with van der Waals surface area (Å²) in [6.45, 7) is 3.55. The third kappa shape index (κ3) is 4.79. The standard InChI is InChI=1S/C18H25N3O4/c1-13(12-25-3)19-15(22)11-21-16(23)18(2,20-17(21)24)10-9-14-7-5-4-6-8-14/h4-8,13H,9-12H2,1-3H3,(H,19,22)(H,20,24)/t13-,18-/m0/s1. The predicted octanol–water partition coefficient (Wildman–Crippen LogP) is 1.08. The molecule has 7 nitrogen and oxygen atoms in total. The molecule has 1 aliphatic heterocycles. The molecule has 2 atom stereocenters. The van der Waals surface area contributed by atoms with E-state index in [0.29, 0.717) is 19.4 Å². The van der Waals surface area contributed by atoms with Gasteiger partial charge in [-0.05, 0) is 32.3 Å². The molecular weight excluding hydrogens is 322 g/mol. The fourth-order valence-electron chi connectivity index (χ4n) is 2.85. The molecule has 25 heavy (non-hydrogen) atoms. The lowest BCUT2D eigenvalue weighted by Crippen LogP contribution is -2.46. The molecule has 1 aromatic rings. The molecule has 0 unspecified atom stereocenters. The van der Waals surface area contributed by atoms with E-state index in [0.717, 1.165) is 10.5 Å². The topological polar surface area (TPSA) is 87.7 Å². The van der Waals surface area contributed by atoms with Crippen molar-refractivity contribution < 1.29 is 19.1 Å². The van der Waals surface area contributed by atoms with E-state index in [4.69, 9.17) is 4.74 Å². The Labute approximate surface area is 147 Å². The summed E-state index contributed by atoms with van der Waals surface area (Å²) in [5.41, 5.74) is 0.0982. The van der Waals surface area contributed by atoms with E-state index in [1.54, 1.807) is 13.8 Å². The van der Waals surface area contributed by atoms with Crippen LogP contribution in [0.3, 0.4) is 0 Å². The lowest BCUT2D eigenvalue weighted by molar-refractivity contribution is -0.135. The first-order valence-corrected chi connectivity index (χ1v) is 8.32. The fourth-order valence-corrected chi connectivity index (χ4v) is 2.85. The number of methoxy groups -OCH3 is 1. The molecule has 1 aromatic carbocycles. The predicted molar refractivity (Wildman–Crippen MR) is 92.9 cm³/mol. The quantitative estimate of drug-likeness (QED) is 0.689. The van der Waals surface area contributed by atoms with Crippen LogP contribution in [-0.4, -0.2) is 54.6 Å². The van der Waals surface area contributed by atoms with Crippen molar-refractivity contribution in [2.45, 2.75) is 38.3 Å². The van der Waals surface area contributed by atoms with Crippen molar-refractivity contribution in [3.05, 3.63) is 35.9 Å². The number of ether oxygens (including phenoxy) is 1. The maximum atomic E-state index is 12.6. The van der Waals surface area contributed by atoms with E-state index in [2.05, 4.69) is 10.6 Å². The summed E-state index contributed by atoms with van der Waals surface area (Å²) in [7, 11) is 1.54. The number of carbonyl (C=O) groups excluding carboxylic acids is 3. The van der Waals surface area contributed by atoms with Crippen LogP contribution in [0.15, 0.2) is 30.3 Å².